The number of hydrogen-bond acceptors (Lipinski definition) is 2. The second-order valence-electron chi connectivity index (χ2n) is 4.84. The van der Waals surface area contributed by atoms with Gasteiger partial charge in [-0.25, -0.2) is 4.98 Å². The van der Waals surface area contributed by atoms with Crippen LogP contribution in [0.2, 0.25) is 0 Å². The summed E-state index contributed by atoms with van der Waals surface area (Å²) in [5.74, 6) is 0.992. The van der Waals surface area contributed by atoms with E-state index < -0.39 is 0 Å². The highest BCUT2D eigenvalue weighted by Crippen LogP contribution is 2.28. The number of hydrogen-bond donors (Lipinski definition) is 1. The summed E-state index contributed by atoms with van der Waals surface area (Å²) >= 11 is 0. The van der Waals surface area contributed by atoms with Crippen LogP contribution in [0.5, 0.6) is 0 Å². The van der Waals surface area contributed by atoms with Crippen molar-refractivity contribution in [2.24, 2.45) is 5.92 Å². The third kappa shape index (κ3) is 4.21. The van der Waals surface area contributed by atoms with Crippen molar-refractivity contribution in [1.82, 2.24) is 14.9 Å². The van der Waals surface area contributed by atoms with Crippen LogP contribution in [0.15, 0.2) is 18.7 Å². The molecule has 0 saturated heterocycles. The van der Waals surface area contributed by atoms with Crippen LogP contribution >= 0.6 is 0 Å². The van der Waals surface area contributed by atoms with E-state index in [1.165, 1.54) is 25.7 Å². The van der Waals surface area contributed by atoms with Crippen molar-refractivity contribution in [3.8, 4) is 0 Å². The van der Waals surface area contributed by atoms with E-state index in [9.17, 15) is 4.79 Å². The molecule has 0 radical (unpaired) electrons. The molecule has 1 fully saturated rings. The van der Waals surface area contributed by atoms with E-state index in [1.807, 2.05) is 10.8 Å². The molecule has 2 rings (SSSR count). The lowest BCUT2D eigenvalue weighted by Crippen LogP contribution is -2.27. The highest BCUT2D eigenvalue weighted by molar-refractivity contribution is 5.75. The predicted octanol–water partition coefficient (Wildman–Crippen LogP) is 1.97. The van der Waals surface area contributed by atoms with Crippen LogP contribution in [0.25, 0.3) is 0 Å². The monoisotopic (exact) mass is 235 g/mol. The van der Waals surface area contributed by atoms with Gasteiger partial charge in [-0.15, -0.1) is 0 Å². The number of rotatable bonds is 6. The van der Waals surface area contributed by atoms with Crippen LogP contribution in [-0.4, -0.2) is 22.0 Å². The van der Waals surface area contributed by atoms with Crippen LogP contribution in [-0.2, 0) is 11.3 Å². The zero-order valence-corrected chi connectivity index (χ0v) is 10.3. The average molecular weight is 235 g/mol. The van der Waals surface area contributed by atoms with E-state index in [0.717, 1.165) is 18.9 Å². The number of aromatic nitrogens is 2. The van der Waals surface area contributed by atoms with Gasteiger partial charge in [0, 0.05) is 31.9 Å². The van der Waals surface area contributed by atoms with Gasteiger partial charge < -0.3 is 9.88 Å². The molecule has 17 heavy (non-hydrogen) atoms. The van der Waals surface area contributed by atoms with Crippen molar-refractivity contribution in [2.45, 2.75) is 45.1 Å². The van der Waals surface area contributed by atoms with E-state index in [4.69, 9.17) is 0 Å². The Balaban J connectivity index is 1.54. The van der Waals surface area contributed by atoms with E-state index in [1.54, 1.807) is 12.5 Å². The molecule has 1 N–H and O–H groups in total. The number of carbonyl (C=O) groups is 1. The highest BCUT2D eigenvalue weighted by atomic mass is 16.1. The molecule has 0 atom stereocenters. The Morgan fingerprint density at radius 3 is 2.94 bits per heavy atom. The summed E-state index contributed by atoms with van der Waals surface area (Å²) in [5, 5.41) is 2.96. The Morgan fingerprint density at radius 1 is 1.41 bits per heavy atom. The normalized spacial score (nSPS) is 16.2. The van der Waals surface area contributed by atoms with Gasteiger partial charge in [0.1, 0.15) is 0 Å². The molecule has 1 saturated carbocycles. The van der Waals surface area contributed by atoms with Crippen molar-refractivity contribution in [2.75, 3.05) is 6.54 Å². The number of nitrogens with zero attached hydrogens (tertiary/aromatic N) is 2. The van der Waals surface area contributed by atoms with Gasteiger partial charge in [0.25, 0.3) is 0 Å². The predicted molar refractivity (Wildman–Crippen MR) is 66.4 cm³/mol. The lowest BCUT2D eigenvalue weighted by atomic mass is 10.0. The maximum Gasteiger partial charge on any atom is 0.220 e. The van der Waals surface area contributed by atoms with Gasteiger partial charge in [0.15, 0.2) is 0 Å². The minimum Gasteiger partial charge on any atom is -0.354 e. The molecule has 1 aliphatic rings. The Labute approximate surface area is 102 Å². The number of nitrogens with one attached hydrogen (secondary N) is 1. The minimum absolute atomic E-state index is 0.192. The Morgan fingerprint density at radius 2 is 2.24 bits per heavy atom. The second-order valence-corrected chi connectivity index (χ2v) is 4.84. The third-order valence-electron chi connectivity index (χ3n) is 3.51. The fourth-order valence-corrected chi connectivity index (χ4v) is 2.47. The first-order valence-electron chi connectivity index (χ1n) is 6.57. The van der Waals surface area contributed by atoms with Crippen LogP contribution < -0.4 is 5.32 Å². The van der Waals surface area contributed by atoms with Gasteiger partial charge in [-0.3, -0.25) is 4.79 Å². The molecule has 1 amide bonds. The largest absolute Gasteiger partial charge is 0.354 e. The first-order valence-corrected chi connectivity index (χ1v) is 6.57. The highest BCUT2D eigenvalue weighted by Gasteiger charge is 2.15. The minimum atomic E-state index is 0.192. The fourth-order valence-electron chi connectivity index (χ4n) is 2.47. The molecule has 0 aromatic carbocycles. The molecule has 1 aromatic rings. The second kappa shape index (κ2) is 6.42. The van der Waals surface area contributed by atoms with Crippen molar-refractivity contribution in [3.63, 3.8) is 0 Å². The summed E-state index contributed by atoms with van der Waals surface area (Å²) in [4.78, 5) is 15.6. The molecule has 1 aliphatic carbocycles. The smallest absolute Gasteiger partial charge is 0.220 e. The Hall–Kier alpha value is -1.32. The van der Waals surface area contributed by atoms with Crippen LogP contribution in [0, 0.1) is 5.92 Å². The molecule has 0 spiro atoms. The Kier molecular flexibility index (Phi) is 4.59. The lowest BCUT2D eigenvalue weighted by molar-refractivity contribution is -0.121. The maximum atomic E-state index is 11.6. The number of carbonyl (C=O) groups excluding carboxylic acids is 1. The standard InChI is InChI=1S/C13H21N3O/c17-13(6-5-12-3-1-2-4-12)15-8-10-16-9-7-14-11-16/h7,9,11-12H,1-6,8,10H2,(H,15,17). The molecule has 0 unspecified atom stereocenters. The molecule has 0 aliphatic heterocycles. The van der Waals surface area contributed by atoms with Gasteiger partial charge in [0.05, 0.1) is 6.33 Å². The summed E-state index contributed by atoms with van der Waals surface area (Å²) in [6.45, 7) is 1.50. The van der Waals surface area contributed by atoms with Crippen molar-refractivity contribution in [1.29, 1.82) is 0 Å². The van der Waals surface area contributed by atoms with Gasteiger partial charge in [-0.2, -0.15) is 0 Å². The molecule has 4 heteroatoms. The quantitative estimate of drug-likeness (QED) is 0.819. The van der Waals surface area contributed by atoms with E-state index in [-0.39, 0.29) is 5.91 Å². The zero-order chi connectivity index (χ0) is 11.9. The molecule has 1 aromatic heterocycles. The average Bonchev–Trinajstić information content (AvgIpc) is 2.99. The maximum absolute atomic E-state index is 11.6. The van der Waals surface area contributed by atoms with E-state index >= 15 is 0 Å². The topological polar surface area (TPSA) is 46.9 Å². The number of amides is 1. The molecule has 4 nitrogen and oxygen atoms in total. The first kappa shape index (κ1) is 12.1. The SMILES string of the molecule is O=C(CCC1CCCC1)NCCn1ccnc1. The number of imidazole rings is 1. The van der Waals surface area contributed by atoms with Crippen molar-refractivity contribution >= 4 is 5.91 Å². The van der Waals surface area contributed by atoms with Crippen LogP contribution in [0.3, 0.4) is 0 Å². The van der Waals surface area contributed by atoms with Crippen LogP contribution in [0.1, 0.15) is 38.5 Å². The third-order valence-corrected chi connectivity index (χ3v) is 3.51. The van der Waals surface area contributed by atoms with E-state index in [2.05, 4.69) is 10.3 Å². The summed E-state index contributed by atoms with van der Waals surface area (Å²) in [5.41, 5.74) is 0. The van der Waals surface area contributed by atoms with Crippen molar-refractivity contribution < 1.29 is 4.79 Å². The first-order chi connectivity index (χ1) is 8.34. The zero-order valence-electron chi connectivity index (χ0n) is 10.3. The summed E-state index contributed by atoms with van der Waals surface area (Å²) in [6, 6.07) is 0. The van der Waals surface area contributed by atoms with Gasteiger partial charge in [-0.05, 0) is 12.3 Å². The van der Waals surface area contributed by atoms with Crippen molar-refractivity contribution in [3.05, 3.63) is 18.7 Å². The molecular formula is C13H21N3O. The molecule has 0 bridgehead atoms. The molecular weight excluding hydrogens is 214 g/mol. The van der Waals surface area contributed by atoms with Gasteiger partial charge in [0.2, 0.25) is 5.91 Å². The van der Waals surface area contributed by atoms with Crippen LogP contribution in [0.4, 0.5) is 0 Å². The van der Waals surface area contributed by atoms with E-state index in [0.29, 0.717) is 13.0 Å². The summed E-state index contributed by atoms with van der Waals surface area (Å²) < 4.78 is 1.97. The molecule has 94 valence electrons. The van der Waals surface area contributed by atoms with Gasteiger partial charge in [-0.1, -0.05) is 25.7 Å². The molecule has 1 heterocycles. The fraction of sp³-hybridized carbons (Fsp3) is 0.692. The van der Waals surface area contributed by atoms with Gasteiger partial charge >= 0.3 is 0 Å². The summed E-state index contributed by atoms with van der Waals surface area (Å²) in [7, 11) is 0. The lowest BCUT2D eigenvalue weighted by Gasteiger charge is -2.09. The Bertz CT molecular complexity index is 328. The summed E-state index contributed by atoms with van der Waals surface area (Å²) in [6.07, 6.45) is 12.5.